The van der Waals surface area contributed by atoms with Crippen LogP contribution in [-0.2, 0) is 54.0 Å². The third kappa shape index (κ3) is 10.7. The zero-order valence-electron chi connectivity index (χ0n) is 22.8. The highest BCUT2D eigenvalue weighted by molar-refractivity contribution is 5.68. The number of benzene rings is 1. The topological polar surface area (TPSA) is 133 Å². The first kappa shape index (κ1) is 31.0. The molecule has 11 nitrogen and oxygen atoms in total. The molecule has 1 aromatic rings. The monoisotopic (exact) mass is 538 g/mol. The van der Waals surface area contributed by atoms with Gasteiger partial charge >= 0.3 is 23.9 Å². The van der Waals surface area contributed by atoms with E-state index in [0.717, 1.165) is 24.2 Å². The van der Waals surface area contributed by atoms with Crippen LogP contribution in [0, 0.1) is 0 Å². The highest BCUT2D eigenvalue weighted by Crippen LogP contribution is 2.30. The van der Waals surface area contributed by atoms with E-state index >= 15 is 0 Å². The molecule has 1 aliphatic heterocycles. The van der Waals surface area contributed by atoms with Crippen molar-refractivity contribution in [2.45, 2.75) is 97.6 Å². The van der Waals surface area contributed by atoms with Crippen LogP contribution in [0.3, 0.4) is 0 Å². The molecule has 5 atom stereocenters. The molecule has 1 fully saturated rings. The maximum Gasteiger partial charge on any atom is 0.303 e. The van der Waals surface area contributed by atoms with Gasteiger partial charge in [-0.3, -0.25) is 19.2 Å². The van der Waals surface area contributed by atoms with Gasteiger partial charge < -0.3 is 33.2 Å². The molecule has 2 rings (SSSR count). The summed E-state index contributed by atoms with van der Waals surface area (Å²) in [5.41, 5.74) is 1.15. The smallest absolute Gasteiger partial charge is 0.303 e. The van der Waals surface area contributed by atoms with E-state index in [0.29, 0.717) is 6.42 Å². The van der Waals surface area contributed by atoms with Gasteiger partial charge in [0, 0.05) is 34.3 Å². The van der Waals surface area contributed by atoms with Gasteiger partial charge in [-0.05, 0) is 50.8 Å². The van der Waals surface area contributed by atoms with Gasteiger partial charge in [-0.2, -0.15) is 0 Å². The molecule has 0 aromatic heterocycles. The van der Waals surface area contributed by atoms with Gasteiger partial charge in [0.25, 0.3) is 0 Å². The van der Waals surface area contributed by atoms with E-state index in [4.69, 9.17) is 33.2 Å². The number of esters is 4. The predicted molar refractivity (Wildman–Crippen MR) is 133 cm³/mol. The van der Waals surface area contributed by atoms with E-state index in [-0.39, 0.29) is 19.3 Å². The standard InChI is InChI=1S/C27H38O11/c1-16(2)34-22-12-10-21(11-13-22)9-7-8-14-32-27-26(37-20(6)31)25(36-19(5)30)24(35-18(4)29)23(38-27)15-33-17(3)28/h10-13,16,23-27H,7-9,14-15H2,1-6H3/t23-,24-,25+,26-,27-/m1/s1. The molecule has 0 amide bonds. The Bertz CT molecular complexity index is 927. The van der Waals surface area contributed by atoms with Crippen molar-refractivity contribution in [1.29, 1.82) is 0 Å². The van der Waals surface area contributed by atoms with Crippen LogP contribution in [0.15, 0.2) is 24.3 Å². The Labute approximate surface area is 223 Å². The van der Waals surface area contributed by atoms with Gasteiger partial charge in [0.05, 0.1) is 6.10 Å². The first-order valence-corrected chi connectivity index (χ1v) is 12.6. The van der Waals surface area contributed by atoms with E-state index in [9.17, 15) is 19.2 Å². The van der Waals surface area contributed by atoms with Crippen molar-refractivity contribution in [2.75, 3.05) is 13.2 Å². The first-order valence-electron chi connectivity index (χ1n) is 12.6. The second-order valence-electron chi connectivity index (χ2n) is 9.21. The molecule has 1 heterocycles. The molecule has 38 heavy (non-hydrogen) atoms. The fourth-order valence-electron chi connectivity index (χ4n) is 3.96. The maximum absolute atomic E-state index is 11.9. The van der Waals surface area contributed by atoms with E-state index < -0.39 is 54.6 Å². The molecule has 0 N–H and O–H groups in total. The average molecular weight is 539 g/mol. The molecule has 0 radical (unpaired) electrons. The Kier molecular flexibility index (Phi) is 12.5. The van der Waals surface area contributed by atoms with Crippen LogP contribution < -0.4 is 4.74 Å². The lowest BCUT2D eigenvalue weighted by molar-refractivity contribution is -0.308. The summed E-state index contributed by atoms with van der Waals surface area (Å²) in [6.07, 6.45) is -3.50. The fraction of sp³-hybridized carbons (Fsp3) is 0.630. The van der Waals surface area contributed by atoms with Gasteiger partial charge in [-0.1, -0.05) is 12.1 Å². The fourth-order valence-corrected chi connectivity index (χ4v) is 3.96. The Morgan fingerprint density at radius 3 is 1.92 bits per heavy atom. The molecule has 0 aliphatic carbocycles. The minimum absolute atomic E-state index is 0.106. The van der Waals surface area contributed by atoms with Crippen LogP contribution in [0.5, 0.6) is 5.75 Å². The highest BCUT2D eigenvalue weighted by Gasteiger charge is 2.52. The van der Waals surface area contributed by atoms with Crippen molar-refractivity contribution < 1.29 is 52.3 Å². The van der Waals surface area contributed by atoms with E-state index in [1.54, 1.807) is 0 Å². The number of unbranched alkanes of at least 4 members (excludes halogenated alkanes) is 1. The van der Waals surface area contributed by atoms with E-state index in [2.05, 4.69) is 0 Å². The zero-order valence-corrected chi connectivity index (χ0v) is 22.8. The van der Waals surface area contributed by atoms with Crippen LogP contribution >= 0.6 is 0 Å². The number of hydrogen-bond donors (Lipinski definition) is 0. The second kappa shape index (κ2) is 15.3. The summed E-state index contributed by atoms with van der Waals surface area (Å²) in [5, 5.41) is 0. The molecule has 1 aliphatic rings. The van der Waals surface area contributed by atoms with Gasteiger partial charge in [0.2, 0.25) is 0 Å². The SMILES string of the molecule is CC(=O)OC[C@H]1O[C@@H](OCCCCc2ccc(OC(C)C)cc2)[C@H](OC(C)=O)[C@@H](OC(C)=O)[C@@H]1OC(C)=O. The molecule has 0 bridgehead atoms. The molecular formula is C27H38O11. The summed E-state index contributed by atoms with van der Waals surface area (Å²) < 4.78 is 38.7. The summed E-state index contributed by atoms with van der Waals surface area (Å²) >= 11 is 0. The quantitative estimate of drug-likeness (QED) is 0.208. The normalized spacial score (nSPS) is 22.9. The lowest BCUT2D eigenvalue weighted by atomic mass is 9.98. The minimum atomic E-state index is -1.24. The molecular weight excluding hydrogens is 500 g/mol. The largest absolute Gasteiger partial charge is 0.491 e. The number of carbonyl (C=O) groups is 4. The van der Waals surface area contributed by atoms with Crippen molar-refractivity contribution in [3.63, 3.8) is 0 Å². The van der Waals surface area contributed by atoms with Crippen LogP contribution in [0.4, 0.5) is 0 Å². The van der Waals surface area contributed by atoms with Crippen molar-refractivity contribution in [1.82, 2.24) is 0 Å². The summed E-state index contributed by atoms with van der Waals surface area (Å²) in [7, 11) is 0. The van der Waals surface area contributed by atoms with Crippen LogP contribution in [0.25, 0.3) is 0 Å². The maximum atomic E-state index is 11.9. The van der Waals surface area contributed by atoms with Crippen molar-refractivity contribution in [3.05, 3.63) is 29.8 Å². The van der Waals surface area contributed by atoms with Gasteiger partial charge in [0.1, 0.15) is 18.5 Å². The first-order chi connectivity index (χ1) is 18.0. The van der Waals surface area contributed by atoms with Crippen LogP contribution in [-0.4, -0.2) is 73.9 Å². The lowest BCUT2D eigenvalue weighted by Crippen LogP contribution is -2.63. The lowest BCUT2D eigenvalue weighted by Gasteiger charge is -2.44. The number of rotatable bonds is 13. The third-order valence-corrected chi connectivity index (χ3v) is 5.39. The highest BCUT2D eigenvalue weighted by atomic mass is 16.7. The number of ether oxygens (including phenoxy) is 7. The Balaban J connectivity index is 2.08. The minimum Gasteiger partial charge on any atom is -0.491 e. The van der Waals surface area contributed by atoms with Crippen LogP contribution in [0.2, 0.25) is 0 Å². The van der Waals surface area contributed by atoms with Gasteiger partial charge in [-0.15, -0.1) is 0 Å². The third-order valence-electron chi connectivity index (χ3n) is 5.39. The molecule has 1 saturated heterocycles. The summed E-state index contributed by atoms with van der Waals surface area (Å²) in [6.45, 7) is 8.62. The van der Waals surface area contributed by atoms with Crippen molar-refractivity contribution >= 4 is 23.9 Å². The molecule has 212 valence electrons. The molecule has 11 heteroatoms. The molecule has 0 unspecified atom stereocenters. The average Bonchev–Trinajstić information content (AvgIpc) is 2.81. The van der Waals surface area contributed by atoms with E-state index in [1.807, 2.05) is 38.1 Å². The number of hydrogen-bond acceptors (Lipinski definition) is 11. The Morgan fingerprint density at radius 2 is 1.37 bits per heavy atom. The van der Waals surface area contributed by atoms with E-state index in [1.165, 1.54) is 27.7 Å². The van der Waals surface area contributed by atoms with Gasteiger partial charge in [-0.25, -0.2) is 0 Å². The molecule has 1 aromatic carbocycles. The van der Waals surface area contributed by atoms with Crippen LogP contribution in [0.1, 0.15) is 59.9 Å². The predicted octanol–water partition coefficient (Wildman–Crippen LogP) is 2.90. The van der Waals surface area contributed by atoms with Gasteiger partial charge in [0.15, 0.2) is 24.6 Å². The Hall–Kier alpha value is -3.18. The molecule has 0 spiro atoms. The number of aryl methyl sites for hydroxylation is 1. The van der Waals surface area contributed by atoms with Crippen molar-refractivity contribution in [2.24, 2.45) is 0 Å². The summed E-state index contributed by atoms with van der Waals surface area (Å²) in [4.78, 5) is 47.0. The number of carbonyl (C=O) groups excluding carboxylic acids is 4. The molecule has 0 saturated carbocycles. The van der Waals surface area contributed by atoms with Crippen molar-refractivity contribution in [3.8, 4) is 5.75 Å². The zero-order chi connectivity index (χ0) is 28.2. The summed E-state index contributed by atoms with van der Waals surface area (Å²) in [5.74, 6) is -1.82. The summed E-state index contributed by atoms with van der Waals surface area (Å²) in [6, 6.07) is 7.89. The Morgan fingerprint density at radius 1 is 0.789 bits per heavy atom. The second-order valence-corrected chi connectivity index (χ2v) is 9.21.